The Balaban J connectivity index is 1.42. The minimum absolute atomic E-state index is 0.0705. The van der Waals surface area contributed by atoms with Gasteiger partial charge in [-0.05, 0) is 57.0 Å². The molecule has 2 fully saturated rings. The topological polar surface area (TPSA) is 54.3 Å². The lowest BCUT2D eigenvalue weighted by Crippen LogP contribution is -2.38. The van der Waals surface area contributed by atoms with Crippen LogP contribution in [0.25, 0.3) is 11.0 Å². The number of hydrogen-bond donors (Lipinski definition) is 0. The lowest BCUT2D eigenvalue weighted by molar-refractivity contribution is 0.0773. The molecule has 0 unspecified atom stereocenters. The van der Waals surface area contributed by atoms with Crippen molar-refractivity contribution in [1.82, 2.24) is 24.8 Å². The largest absolute Gasteiger partial charge is 0.340 e. The summed E-state index contributed by atoms with van der Waals surface area (Å²) >= 11 is 0. The predicted octanol–water partition coefficient (Wildman–Crippen LogP) is 3.49. The molecule has 146 valence electrons. The molecule has 1 aromatic carbocycles. The summed E-state index contributed by atoms with van der Waals surface area (Å²) in [6.45, 7) is 4.06. The van der Waals surface area contributed by atoms with E-state index in [1.807, 2.05) is 30.1 Å². The van der Waals surface area contributed by atoms with Crippen LogP contribution in [0.2, 0.25) is 0 Å². The van der Waals surface area contributed by atoms with Gasteiger partial charge < -0.3 is 9.80 Å². The number of fused-ring (bicyclic) bond motifs is 1. The highest BCUT2D eigenvalue weighted by Crippen LogP contribution is 2.30. The minimum atomic E-state index is 0.0705. The van der Waals surface area contributed by atoms with Gasteiger partial charge in [0.2, 0.25) is 0 Å². The quantitative estimate of drug-likeness (QED) is 0.809. The first kappa shape index (κ1) is 18.4. The second-order valence-corrected chi connectivity index (χ2v) is 8.16. The van der Waals surface area contributed by atoms with E-state index < -0.39 is 0 Å². The molecule has 4 rings (SSSR count). The first-order chi connectivity index (χ1) is 13.2. The Kier molecular flexibility index (Phi) is 5.72. The average Bonchev–Trinajstić information content (AvgIpc) is 3.16. The second-order valence-electron chi connectivity index (χ2n) is 8.16. The molecule has 27 heavy (non-hydrogen) atoms. The molecule has 1 aliphatic carbocycles. The molecule has 0 atom stereocenters. The number of nitrogens with zero attached hydrogens (tertiary/aromatic N) is 5. The maximum atomic E-state index is 12.8. The van der Waals surface area contributed by atoms with Gasteiger partial charge in [-0.25, -0.2) is 4.68 Å². The van der Waals surface area contributed by atoms with E-state index in [4.69, 9.17) is 0 Å². The lowest BCUT2D eigenvalue weighted by atomic mass is 9.95. The fourth-order valence-corrected chi connectivity index (χ4v) is 4.47. The molecule has 0 N–H and O–H groups in total. The van der Waals surface area contributed by atoms with E-state index in [2.05, 4.69) is 19.9 Å². The summed E-state index contributed by atoms with van der Waals surface area (Å²) in [5, 5.41) is 8.75. The Morgan fingerprint density at radius 2 is 1.85 bits per heavy atom. The van der Waals surface area contributed by atoms with Crippen molar-refractivity contribution in [2.75, 3.05) is 33.2 Å². The van der Waals surface area contributed by atoms with Gasteiger partial charge >= 0.3 is 0 Å². The van der Waals surface area contributed by atoms with Gasteiger partial charge in [0.05, 0.1) is 11.6 Å². The molecular formula is C21H31N5O. The van der Waals surface area contributed by atoms with Crippen molar-refractivity contribution in [1.29, 1.82) is 0 Å². The van der Waals surface area contributed by atoms with Gasteiger partial charge in [0, 0.05) is 25.7 Å². The summed E-state index contributed by atoms with van der Waals surface area (Å²) in [5.74, 6) is 0.0705. The number of amides is 1. The molecule has 0 radical (unpaired) electrons. The molecule has 0 spiro atoms. The highest BCUT2D eigenvalue weighted by Gasteiger charge is 2.20. The molecule has 2 aromatic rings. The highest BCUT2D eigenvalue weighted by atomic mass is 16.2. The molecule has 1 aliphatic heterocycles. The summed E-state index contributed by atoms with van der Waals surface area (Å²) in [7, 11) is 1.90. The summed E-state index contributed by atoms with van der Waals surface area (Å²) in [6, 6.07) is 6.32. The van der Waals surface area contributed by atoms with Crippen LogP contribution in [-0.4, -0.2) is 63.9 Å². The lowest BCUT2D eigenvalue weighted by Gasteiger charge is -2.28. The number of benzene rings is 1. The summed E-state index contributed by atoms with van der Waals surface area (Å²) in [5.41, 5.74) is 2.59. The maximum absolute atomic E-state index is 12.8. The summed E-state index contributed by atoms with van der Waals surface area (Å²) < 4.78 is 2.07. The highest BCUT2D eigenvalue weighted by molar-refractivity contribution is 5.97. The van der Waals surface area contributed by atoms with Crippen LogP contribution in [0.5, 0.6) is 0 Å². The monoisotopic (exact) mass is 369 g/mol. The van der Waals surface area contributed by atoms with Crippen LogP contribution < -0.4 is 0 Å². The molecular weight excluding hydrogens is 338 g/mol. The van der Waals surface area contributed by atoms with Crippen LogP contribution in [0, 0.1) is 0 Å². The number of piperidine rings is 1. The standard InChI is InChI=1S/C21H31N5O/c1-24(14-15-25-12-6-3-7-13-25)21(27)17-10-11-20-19(16-17)22-23-26(20)18-8-4-2-5-9-18/h10-11,16,18H,2-9,12-15H2,1H3. The molecule has 1 amide bonds. The smallest absolute Gasteiger partial charge is 0.253 e. The van der Waals surface area contributed by atoms with E-state index in [9.17, 15) is 4.79 Å². The number of carbonyl (C=O) groups is 1. The number of hydrogen-bond acceptors (Lipinski definition) is 4. The molecule has 6 nitrogen and oxygen atoms in total. The second kappa shape index (κ2) is 8.38. The van der Waals surface area contributed by atoms with Crippen LogP contribution in [0.15, 0.2) is 18.2 Å². The molecule has 6 heteroatoms. The van der Waals surface area contributed by atoms with Gasteiger partial charge in [-0.3, -0.25) is 4.79 Å². The molecule has 2 heterocycles. The van der Waals surface area contributed by atoms with Crippen LogP contribution in [0.3, 0.4) is 0 Å². The Labute approximate surface area is 161 Å². The fraction of sp³-hybridized carbons (Fsp3) is 0.667. The van der Waals surface area contributed by atoms with Crippen molar-refractivity contribution < 1.29 is 4.79 Å². The zero-order valence-electron chi connectivity index (χ0n) is 16.4. The van der Waals surface area contributed by atoms with Crippen LogP contribution >= 0.6 is 0 Å². The van der Waals surface area contributed by atoms with Crippen molar-refractivity contribution in [2.24, 2.45) is 0 Å². The van der Waals surface area contributed by atoms with Crippen molar-refractivity contribution in [3.8, 4) is 0 Å². The van der Waals surface area contributed by atoms with Crippen molar-refractivity contribution in [2.45, 2.75) is 57.4 Å². The van der Waals surface area contributed by atoms with Crippen LogP contribution in [-0.2, 0) is 0 Å². The van der Waals surface area contributed by atoms with Gasteiger partial charge in [0.15, 0.2) is 0 Å². The third-order valence-corrected chi connectivity index (χ3v) is 6.19. The first-order valence-electron chi connectivity index (χ1n) is 10.5. The molecule has 2 aliphatic rings. The number of rotatable bonds is 5. The number of likely N-dealkylation sites (tertiary alicyclic amines) is 1. The van der Waals surface area contributed by atoms with Gasteiger partial charge in [0.1, 0.15) is 5.52 Å². The zero-order valence-corrected chi connectivity index (χ0v) is 16.4. The normalized spacial score (nSPS) is 19.4. The zero-order chi connectivity index (χ0) is 18.6. The van der Waals surface area contributed by atoms with E-state index in [0.717, 1.165) is 37.2 Å². The van der Waals surface area contributed by atoms with Gasteiger partial charge in [-0.15, -0.1) is 5.10 Å². The summed E-state index contributed by atoms with van der Waals surface area (Å²) in [6.07, 6.45) is 10.1. The molecule has 1 saturated carbocycles. The number of carbonyl (C=O) groups excluding carboxylic acids is 1. The Morgan fingerprint density at radius 1 is 1.11 bits per heavy atom. The van der Waals surface area contributed by atoms with Gasteiger partial charge in [-0.2, -0.15) is 0 Å². The van der Waals surface area contributed by atoms with Gasteiger partial charge in [0.25, 0.3) is 5.91 Å². The third kappa shape index (κ3) is 4.15. The van der Waals surface area contributed by atoms with Crippen LogP contribution in [0.1, 0.15) is 67.8 Å². The molecule has 0 bridgehead atoms. The van der Waals surface area contributed by atoms with E-state index in [1.54, 1.807) is 0 Å². The molecule has 1 saturated heterocycles. The van der Waals surface area contributed by atoms with E-state index >= 15 is 0 Å². The van der Waals surface area contributed by atoms with E-state index in [1.165, 1.54) is 51.4 Å². The minimum Gasteiger partial charge on any atom is -0.340 e. The van der Waals surface area contributed by atoms with Crippen molar-refractivity contribution in [3.05, 3.63) is 23.8 Å². The number of aromatic nitrogens is 3. The van der Waals surface area contributed by atoms with Crippen molar-refractivity contribution >= 4 is 16.9 Å². The first-order valence-corrected chi connectivity index (χ1v) is 10.5. The molecule has 1 aromatic heterocycles. The fourth-order valence-electron chi connectivity index (χ4n) is 4.47. The third-order valence-electron chi connectivity index (χ3n) is 6.19. The SMILES string of the molecule is CN(CCN1CCCCC1)C(=O)c1ccc2c(c1)nnn2C1CCCCC1. The average molecular weight is 370 g/mol. The summed E-state index contributed by atoms with van der Waals surface area (Å²) in [4.78, 5) is 17.1. The van der Waals surface area contributed by atoms with E-state index in [0.29, 0.717) is 11.6 Å². The maximum Gasteiger partial charge on any atom is 0.253 e. The van der Waals surface area contributed by atoms with Gasteiger partial charge in [-0.1, -0.05) is 30.9 Å². The Bertz CT molecular complexity index is 774. The Hall–Kier alpha value is -1.95. The van der Waals surface area contributed by atoms with E-state index in [-0.39, 0.29) is 5.91 Å². The van der Waals surface area contributed by atoms with Crippen molar-refractivity contribution in [3.63, 3.8) is 0 Å². The number of likely N-dealkylation sites (N-methyl/N-ethyl adjacent to an activating group) is 1. The Morgan fingerprint density at radius 3 is 2.63 bits per heavy atom. The predicted molar refractivity (Wildman–Crippen MR) is 107 cm³/mol. The van der Waals surface area contributed by atoms with Crippen LogP contribution in [0.4, 0.5) is 0 Å².